The molecule has 1 saturated heterocycles. The fraction of sp³-hybridized carbons (Fsp3) is 0.889. The van der Waals surface area contributed by atoms with Crippen molar-refractivity contribution in [3.05, 3.63) is 0 Å². The monoisotopic (exact) mass is 185 g/mol. The Morgan fingerprint density at radius 2 is 2.31 bits per heavy atom. The summed E-state index contributed by atoms with van der Waals surface area (Å²) in [5.74, 6) is 0.0543. The van der Waals surface area contributed by atoms with E-state index in [2.05, 4.69) is 22.9 Å². The highest BCUT2D eigenvalue weighted by Gasteiger charge is 2.16. The van der Waals surface area contributed by atoms with Crippen molar-refractivity contribution >= 4 is 5.91 Å². The summed E-state index contributed by atoms with van der Waals surface area (Å²) in [5, 5.41) is 9.19. The average molecular weight is 185 g/mol. The highest BCUT2D eigenvalue weighted by atomic mass is 16.1. The lowest BCUT2D eigenvalue weighted by Crippen LogP contribution is -2.49. The molecule has 2 unspecified atom stereocenters. The van der Waals surface area contributed by atoms with Gasteiger partial charge in [0.25, 0.3) is 0 Å². The Bertz CT molecular complexity index is 164. The van der Waals surface area contributed by atoms with Gasteiger partial charge in [-0.1, -0.05) is 0 Å². The molecule has 1 heterocycles. The van der Waals surface area contributed by atoms with Gasteiger partial charge in [0.15, 0.2) is 0 Å². The van der Waals surface area contributed by atoms with Gasteiger partial charge in [-0.3, -0.25) is 4.79 Å². The number of nitrogens with one attached hydrogen (secondary N) is 3. The fourth-order valence-electron chi connectivity index (χ4n) is 1.50. The van der Waals surface area contributed by atoms with Crippen LogP contribution in [0, 0.1) is 0 Å². The molecule has 0 radical (unpaired) electrons. The molecule has 1 fully saturated rings. The van der Waals surface area contributed by atoms with Crippen molar-refractivity contribution in [1.29, 1.82) is 0 Å². The van der Waals surface area contributed by atoms with E-state index in [1.807, 2.05) is 0 Å². The third kappa shape index (κ3) is 3.74. The molecule has 0 spiro atoms. The van der Waals surface area contributed by atoms with Gasteiger partial charge in [-0.2, -0.15) is 0 Å². The molecule has 1 amide bonds. The van der Waals surface area contributed by atoms with E-state index in [0.29, 0.717) is 18.6 Å². The molecule has 4 heteroatoms. The van der Waals surface area contributed by atoms with E-state index >= 15 is 0 Å². The maximum Gasteiger partial charge on any atom is 0.233 e. The Morgan fingerprint density at radius 1 is 1.54 bits per heavy atom. The van der Waals surface area contributed by atoms with Crippen LogP contribution in [0.15, 0.2) is 0 Å². The van der Waals surface area contributed by atoms with E-state index in [1.165, 1.54) is 6.42 Å². The number of hydrogen-bond acceptors (Lipinski definition) is 3. The summed E-state index contributed by atoms with van der Waals surface area (Å²) in [4.78, 5) is 10.9. The summed E-state index contributed by atoms with van der Waals surface area (Å²) >= 11 is 0. The van der Waals surface area contributed by atoms with Crippen LogP contribution in [0.2, 0.25) is 0 Å². The van der Waals surface area contributed by atoms with Crippen molar-refractivity contribution in [2.45, 2.75) is 31.8 Å². The number of carbonyl (C=O) groups is 1. The Kier molecular flexibility index (Phi) is 4.18. The fourth-order valence-corrected chi connectivity index (χ4v) is 1.50. The van der Waals surface area contributed by atoms with Crippen molar-refractivity contribution in [2.24, 2.45) is 0 Å². The topological polar surface area (TPSA) is 53.2 Å². The molecule has 0 aromatic rings. The van der Waals surface area contributed by atoms with Gasteiger partial charge in [0, 0.05) is 25.7 Å². The number of carbonyl (C=O) groups excluding carboxylic acids is 1. The van der Waals surface area contributed by atoms with Gasteiger partial charge < -0.3 is 16.0 Å². The molecule has 0 aliphatic carbocycles. The molecule has 0 aromatic heterocycles. The number of rotatable bonds is 3. The first kappa shape index (κ1) is 10.5. The molecule has 3 N–H and O–H groups in total. The first-order valence-corrected chi connectivity index (χ1v) is 4.89. The summed E-state index contributed by atoms with van der Waals surface area (Å²) in [6, 6.07) is 1.08. The Labute approximate surface area is 79.5 Å². The van der Waals surface area contributed by atoms with E-state index < -0.39 is 0 Å². The van der Waals surface area contributed by atoms with E-state index in [-0.39, 0.29) is 5.91 Å². The van der Waals surface area contributed by atoms with E-state index in [9.17, 15) is 4.79 Å². The minimum atomic E-state index is 0.0543. The van der Waals surface area contributed by atoms with Crippen LogP contribution in [0.5, 0.6) is 0 Å². The van der Waals surface area contributed by atoms with Crippen LogP contribution in [0.25, 0.3) is 0 Å². The molecule has 0 aromatic carbocycles. The Morgan fingerprint density at radius 3 is 2.85 bits per heavy atom. The minimum absolute atomic E-state index is 0.0543. The quantitative estimate of drug-likeness (QED) is 0.553. The average Bonchev–Trinajstić information content (AvgIpc) is 2.16. The SMILES string of the molecule is CNC(=O)CNC1CCC(C)NC1. The van der Waals surface area contributed by atoms with Gasteiger partial charge in [-0.25, -0.2) is 0 Å². The molecular weight excluding hydrogens is 166 g/mol. The molecule has 1 aliphatic rings. The Hall–Kier alpha value is -0.610. The number of hydrogen-bond donors (Lipinski definition) is 3. The highest BCUT2D eigenvalue weighted by Crippen LogP contribution is 2.06. The van der Waals surface area contributed by atoms with Crippen LogP contribution in [0.1, 0.15) is 19.8 Å². The van der Waals surface area contributed by atoms with Gasteiger partial charge >= 0.3 is 0 Å². The molecular formula is C9H19N3O. The standard InChI is InChI=1S/C9H19N3O/c1-7-3-4-8(5-11-7)12-6-9(13)10-2/h7-8,11-12H,3-6H2,1-2H3,(H,10,13). The summed E-state index contributed by atoms with van der Waals surface area (Å²) in [7, 11) is 1.66. The smallest absolute Gasteiger partial charge is 0.233 e. The largest absolute Gasteiger partial charge is 0.358 e. The second-order valence-corrected chi connectivity index (χ2v) is 3.64. The Balaban J connectivity index is 2.12. The van der Waals surface area contributed by atoms with Crippen LogP contribution < -0.4 is 16.0 Å². The van der Waals surface area contributed by atoms with Crippen molar-refractivity contribution in [1.82, 2.24) is 16.0 Å². The first-order valence-electron chi connectivity index (χ1n) is 4.89. The number of amides is 1. The lowest BCUT2D eigenvalue weighted by atomic mass is 10.0. The van der Waals surface area contributed by atoms with Crippen LogP contribution in [0.3, 0.4) is 0 Å². The second-order valence-electron chi connectivity index (χ2n) is 3.64. The first-order chi connectivity index (χ1) is 6.22. The van der Waals surface area contributed by atoms with Gasteiger partial charge in [0.05, 0.1) is 6.54 Å². The van der Waals surface area contributed by atoms with Crippen molar-refractivity contribution < 1.29 is 4.79 Å². The molecule has 76 valence electrons. The molecule has 2 atom stereocenters. The zero-order valence-electron chi connectivity index (χ0n) is 8.39. The molecule has 1 rings (SSSR count). The maximum atomic E-state index is 10.9. The van der Waals surface area contributed by atoms with Gasteiger partial charge in [0.1, 0.15) is 0 Å². The molecule has 4 nitrogen and oxygen atoms in total. The van der Waals surface area contributed by atoms with Gasteiger partial charge in [-0.05, 0) is 19.8 Å². The molecule has 13 heavy (non-hydrogen) atoms. The molecule has 1 aliphatic heterocycles. The van der Waals surface area contributed by atoms with E-state index in [1.54, 1.807) is 7.05 Å². The van der Waals surface area contributed by atoms with E-state index in [4.69, 9.17) is 0 Å². The predicted molar refractivity (Wildman–Crippen MR) is 52.6 cm³/mol. The third-order valence-corrected chi connectivity index (χ3v) is 2.49. The molecule has 0 bridgehead atoms. The zero-order chi connectivity index (χ0) is 9.68. The minimum Gasteiger partial charge on any atom is -0.358 e. The van der Waals surface area contributed by atoms with Crippen LogP contribution in [-0.2, 0) is 4.79 Å². The van der Waals surface area contributed by atoms with Gasteiger partial charge in [0.2, 0.25) is 5.91 Å². The van der Waals surface area contributed by atoms with Crippen molar-refractivity contribution in [3.8, 4) is 0 Å². The summed E-state index contributed by atoms with van der Waals surface area (Å²) < 4.78 is 0. The highest BCUT2D eigenvalue weighted by molar-refractivity contribution is 5.77. The maximum absolute atomic E-state index is 10.9. The number of piperidine rings is 1. The zero-order valence-corrected chi connectivity index (χ0v) is 8.39. The number of likely N-dealkylation sites (N-methyl/N-ethyl adjacent to an activating group) is 1. The summed E-state index contributed by atoms with van der Waals surface area (Å²) in [6.45, 7) is 3.59. The summed E-state index contributed by atoms with van der Waals surface area (Å²) in [5.41, 5.74) is 0. The lowest BCUT2D eigenvalue weighted by molar-refractivity contribution is -0.119. The lowest BCUT2D eigenvalue weighted by Gasteiger charge is -2.28. The van der Waals surface area contributed by atoms with Crippen molar-refractivity contribution in [2.75, 3.05) is 20.1 Å². The van der Waals surface area contributed by atoms with Gasteiger partial charge in [-0.15, -0.1) is 0 Å². The predicted octanol–water partition coefficient (Wildman–Crippen LogP) is -0.537. The van der Waals surface area contributed by atoms with Crippen LogP contribution in [-0.4, -0.2) is 38.1 Å². The van der Waals surface area contributed by atoms with Crippen molar-refractivity contribution in [3.63, 3.8) is 0 Å². The molecule has 0 saturated carbocycles. The summed E-state index contributed by atoms with van der Waals surface area (Å²) in [6.07, 6.45) is 2.34. The third-order valence-electron chi connectivity index (χ3n) is 2.49. The second kappa shape index (κ2) is 5.19. The van der Waals surface area contributed by atoms with E-state index in [0.717, 1.165) is 13.0 Å². The normalized spacial score (nSPS) is 28.5. The van der Waals surface area contributed by atoms with Crippen LogP contribution in [0.4, 0.5) is 0 Å². The van der Waals surface area contributed by atoms with Crippen LogP contribution >= 0.6 is 0 Å².